The van der Waals surface area contributed by atoms with Gasteiger partial charge in [0, 0.05) is 0 Å². The molecule has 17 heavy (non-hydrogen) atoms. The average molecular weight is 269 g/mol. The summed E-state index contributed by atoms with van der Waals surface area (Å²) in [5.41, 5.74) is 0.582. The first kappa shape index (κ1) is 14.1. The number of hydrogen-bond donors (Lipinski definition) is 1. The van der Waals surface area contributed by atoms with Crippen LogP contribution in [0.5, 0.6) is 5.75 Å². The SMILES string of the molecule is C[C@@H](O)c1ccc(OCCC(F)(F)F)c(Cl)c1. The number of halogens is 4. The van der Waals surface area contributed by atoms with E-state index in [1.807, 2.05) is 0 Å². The Morgan fingerprint density at radius 3 is 2.53 bits per heavy atom. The minimum Gasteiger partial charge on any atom is -0.492 e. The maximum absolute atomic E-state index is 11.9. The summed E-state index contributed by atoms with van der Waals surface area (Å²) < 4.78 is 40.6. The van der Waals surface area contributed by atoms with Crippen LogP contribution in [0.4, 0.5) is 13.2 Å². The predicted molar refractivity (Wildman–Crippen MR) is 58.3 cm³/mol. The first-order valence-electron chi connectivity index (χ1n) is 4.96. The smallest absolute Gasteiger partial charge is 0.392 e. The molecule has 0 aliphatic carbocycles. The molecule has 96 valence electrons. The summed E-state index contributed by atoms with van der Waals surface area (Å²) in [4.78, 5) is 0. The van der Waals surface area contributed by atoms with Gasteiger partial charge in [-0.3, -0.25) is 0 Å². The van der Waals surface area contributed by atoms with Gasteiger partial charge >= 0.3 is 6.18 Å². The van der Waals surface area contributed by atoms with Crippen LogP contribution in [0.3, 0.4) is 0 Å². The topological polar surface area (TPSA) is 29.5 Å². The van der Waals surface area contributed by atoms with Gasteiger partial charge in [-0.2, -0.15) is 13.2 Å². The zero-order valence-corrected chi connectivity index (χ0v) is 9.85. The van der Waals surface area contributed by atoms with Gasteiger partial charge in [-0.15, -0.1) is 0 Å². The fourth-order valence-electron chi connectivity index (χ4n) is 1.17. The number of hydrogen-bond acceptors (Lipinski definition) is 2. The molecular weight excluding hydrogens is 257 g/mol. The van der Waals surface area contributed by atoms with Gasteiger partial charge in [0.1, 0.15) is 5.75 Å². The van der Waals surface area contributed by atoms with Crippen LogP contribution in [0, 0.1) is 0 Å². The van der Waals surface area contributed by atoms with Crippen LogP contribution in [0.15, 0.2) is 18.2 Å². The lowest BCUT2D eigenvalue weighted by Crippen LogP contribution is -2.13. The van der Waals surface area contributed by atoms with Crippen LogP contribution < -0.4 is 4.74 Å². The van der Waals surface area contributed by atoms with E-state index in [-0.39, 0.29) is 10.8 Å². The first-order chi connectivity index (χ1) is 7.79. The van der Waals surface area contributed by atoms with Crippen molar-refractivity contribution < 1.29 is 23.0 Å². The molecule has 0 unspecified atom stereocenters. The number of aliphatic hydroxyl groups is 1. The highest BCUT2D eigenvalue weighted by molar-refractivity contribution is 6.32. The quantitative estimate of drug-likeness (QED) is 0.902. The number of rotatable bonds is 4. The molecule has 1 aromatic carbocycles. The molecule has 0 aliphatic rings. The van der Waals surface area contributed by atoms with Crippen molar-refractivity contribution in [3.05, 3.63) is 28.8 Å². The van der Waals surface area contributed by atoms with Gasteiger partial charge in [-0.05, 0) is 24.6 Å². The largest absolute Gasteiger partial charge is 0.492 e. The molecule has 6 heteroatoms. The molecular formula is C11H12ClF3O2. The molecule has 1 atom stereocenters. The Labute approximate surface area is 102 Å². The number of ether oxygens (including phenoxy) is 1. The van der Waals surface area contributed by atoms with Crippen molar-refractivity contribution in [3.8, 4) is 5.75 Å². The Morgan fingerprint density at radius 2 is 2.06 bits per heavy atom. The monoisotopic (exact) mass is 268 g/mol. The van der Waals surface area contributed by atoms with Gasteiger partial charge in [-0.25, -0.2) is 0 Å². The van der Waals surface area contributed by atoms with Crippen LogP contribution >= 0.6 is 11.6 Å². The van der Waals surface area contributed by atoms with Gasteiger partial charge < -0.3 is 9.84 Å². The van der Waals surface area contributed by atoms with Crippen LogP contribution in [0.2, 0.25) is 5.02 Å². The second-order valence-corrected chi connectivity index (χ2v) is 3.99. The molecule has 2 nitrogen and oxygen atoms in total. The maximum Gasteiger partial charge on any atom is 0.392 e. The average Bonchev–Trinajstić information content (AvgIpc) is 2.18. The molecule has 1 rings (SSSR count). The minimum atomic E-state index is -4.24. The Bertz CT molecular complexity index is 377. The van der Waals surface area contributed by atoms with E-state index >= 15 is 0 Å². The molecule has 0 amide bonds. The van der Waals surface area contributed by atoms with Gasteiger partial charge in [0.05, 0.1) is 24.2 Å². The highest BCUT2D eigenvalue weighted by Crippen LogP contribution is 2.28. The van der Waals surface area contributed by atoms with E-state index in [1.165, 1.54) is 12.1 Å². The van der Waals surface area contributed by atoms with E-state index in [0.717, 1.165) is 0 Å². The molecule has 0 saturated carbocycles. The number of benzene rings is 1. The van der Waals surface area contributed by atoms with Crippen molar-refractivity contribution >= 4 is 11.6 Å². The van der Waals surface area contributed by atoms with Crippen molar-refractivity contribution in [1.29, 1.82) is 0 Å². The lowest BCUT2D eigenvalue weighted by molar-refractivity contribution is -0.139. The highest BCUT2D eigenvalue weighted by Gasteiger charge is 2.26. The Balaban J connectivity index is 2.61. The van der Waals surface area contributed by atoms with E-state index in [9.17, 15) is 18.3 Å². The van der Waals surface area contributed by atoms with Crippen molar-refractivity contribution in [2.45, 2.75) is 25.6 Å². The fourth-order valence-corrected chi connectivity index (χ4v) is 1.41. The predicted octanol–water partition coefficient (Wildman–Crippen LogP) is 3.72. The molecule has 0 aliphatic heterocycles. The third kappa shape index (κ3) is 4.83. The molecule has 0 saturated heterocycles. The van der Waals surface area contributed by atoms with E-state index in [4.69, 9.17) is 16.3 Å². The molecule has 0 aromatic heterocycles. The van der Waals surface area contributed by atoms with Gasteiger partial charge in [0.15, 0.2) is 0 Å². The van der Waals surface area contributed by atoms with Gasteiger partial charge in [-0.1, -0.05) is 17.7 Å². The van der Waals surface area contributed by atoms with Gasteiger partial charge in [0.25, 0.3) is 0 Å². The van der Waals surface area contributed by atoms with E-state index < -0.39 is 25.3 Å². The zero-order valence-electron chi connectivity index (χ0n) is 9.09. The normalized spacial score (nSPS) is 13.5. The lowest BCUT2D eigenvalue weighted by atomic mass is 10.1. The van der Waals surface area contributed by atoms with Crippen LogP contribution in [-0.2, 0) is 0 Å². The molecule has 0 radical (unpaired) electrons. The number of alkyl halides is 3. The van der Waals surface area contributed by atoms with Crippen molar-refractivity contribution in [2.24, 2.45) is 0 Å². The summed E-state index contributed by atoms with van der Waals surface area (Å²) in [6.07, 6.45) is -5.95. The van der Waals surface area contributed by atoms with E-state index in [0.29, 0.717) is 5.56 Å². The summed E-state index contributed by atoms with van der Waals surface area (Å²) in [5, 5.41) is 9.46. The minimum absolute atomic E-state index is 0.181. The first-order valence-corrected chi connectivity index (χ1v) is 5.34. The summed E-state index contributed by atoms with van der Waals surface area (Å²) in [7, 11) is 0. The van der Waals surface area contributed by atoms with Crippen LogP contribution in [0.1, 0.15) is 25.0 Å². The highest BCUT2D eigenvalue weighted by atomic mass is 35.5. The summed E-state index contributed by atoms with van der Waals surface area (Å²) in [5.74, 6) is 0.181. The maximum atomic E-state index is 11.9. The standard InChI is InChI=1S/C11H12ClF3O2/c1-7(16)8-2-3-10(9(12)6-8)17-5-4-11(13,14)15/h2-3,6-7,16H,4-5H2,1H3/t7-/m1/s1. The van der Waals surface area contributed by atoms with Crippen molar-refractivity contribution in [2.75, 3.05) is 6.61 Å². The molecule has 0 spiro atoms. The Hall–Kier alpha value is -0.940. The molecule has 1 aromatic rings. The summed E-state index contributed by atoms with van der Waals surface area (Å²) in [6.45, 7) is 1.09. The Kier molecular flexibility index (Phi) is 4.65. The fraction of sp³-hybridized carbons (Fsp3) is 0.455. The molecule has 0 bridgehead atoms. The van der Waals surface area contributed by atoms with Crippen molar-refractivity contribution in [1.82, 2.24) is 0 Å². The van der Waals surface area contributed by atoms with E-state index in [1.54, 1.807) is 13.0 Å². The number of aliphatic hydroxyl groups excluding tert-OH is 1. The second kappa shape index (κ2) is 5.60. The van der Waals surface area contributed by atoms with Crippen LogP contribution in [-0.4, -0.2) is 17.9 Å². The zero-order chi connectivity index (χ0) is 13.1. The second-order valence-electron chi connectivity index (χ2n) is 3.58. The van der Waals surface area contributed by atoms with Crippen molar-refractivity contribution in [3.63, 3.8) is 0 Å². The third-order valence-electron chi connectivity index (χ3n) is 2.08. The third-order valence-corrected chi connectivity index (χ3v) is 2.38. The molecule has 0 heterocycles. The Morgan fingerprint density at radius 1 is 1.41 bits per heavy atom. The molecule has 0 fully saturated rings. The van der Waals surface area contributed by atoms with Gasteiger partial charge in [0.2, 0.25) is 0 Å². The summed E-state index contributed by atoms with van der Waals surface area (Å²) in [6, 6.07) is 4.47. The summed E-state index contributed by atoms with van der Waals surface area (Å²) >= 11 is 5.81. The van der Waals surface area contributed by atoms with E-state index in [2.05, 4.69) is 0 Å². The lowest BCUT2D eigenvalue weighted by Gasteiger charge is -2.11. The van der Waals surface area contributed by atoms with Crippen LogP contribution in [0.25, 0.3) is 0 Å². The molecule has 1 N–H and O–H groups in total.